The van der Waals surface area contributed by atoms with Gasteiger partial charge in [-0.05, 0) is 50.7 Å². The van der Waals surface area contributed by atoms with Crippen LogP contribution in [0, 0.1) is 0 Å². The van der Waals surface area contributed by atoms with Gasteiger partial charge in [-0.3, -0.25) is 9.89 Å². The summed E-state index contributed by atoms with van der Waals surface area (Å²) >= 11 is 0. The largest absolute Gasteiger partial charge is 0.355 e. The summed E-state index contributed by atoms with van der Waals surface area (Å²) in [6.07, 6.45) is 4.09. The van der Waals surface area contributed by atoms with Crippen LogP contribution in [0.1, 0.15) is 37.3 Å². The van der Waals surface area contributed by atoms with Gasteiger partial charge in [-0.25, -0.2) is 0 Å². The summed E-state index contributed by atoms with van der Waals surface area (Å²) in [6, 6.07) is 8.98. The minimum atomic E-state index is 0. The molecule has 1 saturated heterocycles. The molecule has 1 aromatic rings. The van der Waals surface area contributed by atoms with Crippen LogP contribution in [0.4, 0.5) is 0 Å². The van der Waals surface area contributed by atoms with E-state index in [9.17, 15) is 0 Å². The lowest BCUT2D eigenvalue weighted by molar-refractivity contribution is 0.221. The van der Waals surface area contributed by atoms with Gasteiger partial charge in [0.25, 0.3) is 0 Å². The van der Waals surface area contributed by atoms with Crippen LogP contribution in [0.5, 0.6) is 0 Å². The topological polar surface area (TPSA) is 42.9 Å². The molecule has 1 aromatic carbocycles. The number of halogens is 1. The second-order valence-electron chi connectivity index (χ2n) is 6.90. The van der Waals surface area contributed by atoms with E-state index in [-0.39, 0.29) is 24.0 Å². The van der Waals surface area contributed by atoms with E-state index >= 15 is 0 Å². The minimum Gasteiger partial charge on any atom is -0.355 e. The molecular weight excluding hydrogens is 437 g/mol. The monoisotopic (exact) mass is 473 g/mol. The number of piperidine rings is 1. The molecule has 1 aliphatic heterocycles. The van der Waals surface area contributed by atoms with E-state index in [4.69, 9.17) is 0 Å². The van der Waals surface area contributed by atoms with E-state index in [1.807, 2.05) is 7.05 Å². The van der Waals surface area contributed by atoms with Gasteiger partial charge in [0, 0.05) is 33.2 Å². The van der Waals surface area contributed by atoms with Gasteiger partial charge in [-0.15, -0.1) is 24.0 Å². The summed E-state index contributed by atoms with van der Waals surface area (Å²) in [4.78, 5) is 9.13. The van der Waals surface area contributed by atoms with Gasteiger partial charge in [-0.1, -0.05) is 37.6 Å². The number of aliphatic imine (C=N–C) groups is 1. The summed E-state index contributed by atoms with van der Waals surface area (Å²) in [5, 5.41) is 6.75. The Balaban J connectivity index is 0.00000338. The van der Waals surface area contributed by atoms with Crippen molar-refractivity contribution < 1.29 is 0 Å². The van der Waals surface area contributed by atoms with Crippen molar-refractivity contribution in [2.24, 2.45) is 4.99 Å². The second kappa shape index (κ2) is 13.3. The molecule has 1 fully saturated rings. The van der Waals surface area contributed by atoms with Crippen LogP contribution < -0.4 is 10.6 Å². The van der Waals surface area contributed by atoms with Crippen molar-refractivity contribution in [1.29, 1.82) is 0 Å². The third kappa shape index (κ3) is 8.68. The minimum absolute atomic E-state index is 0. The average Bonchev–Trinajstić information content (AvgIpc) is 2.66. The lowest BCUT2D eigenvalue weighted by atomic mass is 10.1. The number of guanidine groups is 1. The van der Waals surface area contributed by atoms with E-state index in [0.717, 1.165) is 38.7 Å². The highest BCUT2D eigenvalue weighted by Crippen LogP contribution is 2.13. The predicted octanol–water partition coefficient (Wildman–Crippen LogP) is 2.91. The summed E-state index contributed by atoms with van der Waals surface area (Å²) in [6.45, 7) is 9.53. The number of nitrogens with zero attached hydrogens (tertiary/aromatic N) is 3. The SMILES string of the molecule is CCN(C)CCNC(=NC)NCc1ccc(CN2CCCCC2)cc1.I. The van der Waals surface area contributed by atoms with Crippen LogP contribution in [0.2, 0.25) is 0 Å². The zero-order chi connectivity index (χ0) is 17.9. The Morgan fingerprint density at radius 2 is 1.73 bits per heavy atom. The van der Waals surface area contributed by atoms with Crippen molar-refractivity contribution >= 4 is 29.9 Å². The zero-order valence-electron chi connectivity index (χ0n) is 16.6. The fourth-order valence-electron chi connectivity index (χ4n) is 3.07. The van der Waals surface area contributed by atoms with Crippen molar-refractivity contribution in [3.63, 3.8) is 0 Å². The maximum absolute atomic E-state index is 4.29. The van der Waals surface area contributed by atoms with Crippen LogP contribution >= 0.6 is 24.0 Å². The molecule has 6 heteroatoms. The molecule has 148 valence electrons. The van der Waals surface area contributed by atoms with Crippen molar-refractivity contribution in [3.05, 3.63) is 35.4 Å². The Kier molecular flexibility index (Phi) is 11.9. The first-order chi connectivity index (χ1) is 12.2. The van der Waals surface area contributed by atoms with Crippen molar-refractivity contribution in [2.45, 2.75) is 39.3 Å². The Morgan fingerprint density at radius 1 is 1.08 bits per heavy atom. The quantitative estimate of drug-likeness (QED) is 0.346. The highest BCUT2D eigenvalue weighted by molar-refractivity contribution is 14.0. The van der Waals surface area contributed by atoms with Crippen LogP contribution in [-0.2, 0) is 13.1 Å². The van der Waals surface area contributed by atoms with Gasteiger partial charge in [0.05, 0.1) is 0 Å². The Morgan fingerprint density at radius 3 is 2.35 bits per heavy atom. The third-order valence-corrected chi connectivity index (χ3v) is 4.89. The molecule has 2 rings (SSSR count). The van der Waals surface area contributed by atoms with Crippen LogP contribution in [0.3, 0.4) is 0 Å². The van der Waals surface area contributed by atoms with Gasteiger partial charge < -0.3 is 15.5 Å². The molecule has 1 heterocycles. The summed E-state index contributed by atoms with van der Waals surface area (Å²) < 4.78 is 0. The van der Waals surface area contributed by atoms with Crippen LogP contribution in [0.25, 0.3) is 0 Å². The van der Waals surface area contributed by atoms with Gasteiger partial charge in [0.15, 0.2) is 5.96 Å². The summed E-state index contributed by atoms with van der Waals surface area (Å²) in [5.74, 6) is 0.863. The smallest absolute Gasteiger partial charge is 0.191 e. The highest BCUT2D eigenvalue weighted by Gasteiger charge is 2.10. The molecule has 0 atom stereocenters. The molecular formula is C20H36IN5. The number of likely N-dealkylation sites (N-methyl/N-ethyl adjacent to an activating group) is 1. The molecule has 0 amide bonds. The molecule has 0 spiro atoms. The Hall–Kier alpha value is -0.860. The fraction of sp³-hybridized carbons (Fsp3) is 0.650. The lowest BCUT2D eigenvalue weighted by Gasteiger charge is -2.26. The molecule has 0 saturated carbocycles. The molecule has 0 aliphatic carbocycles. The fourth-order valence-corrected chi connectivity index (χ4v) is 3.07. The van der Waals surface area contributed by atoms with Gasteiger partial charge in [-0.2, -0.15) is 0 Å². The highest BCUT2D eigenvalue weighted by atomic mass is 127. The first-order valence-electron chi connectivity index (χ1n) is 9.64. The van der Waals surface area contributed by atoms with E-state index in [0.29, 0.717) is 0 Å². The first kappa shape index (κ1) is 23.2. The molecule has 1 aliphatic rings. The number of rotatable bonds is 8. The van der Waals surface area contributed by atoms with E-state index in [2.05, 4.69) is 63.7 Å². The molecule has 26 heavy (non-hydrogen) atoms. The summed E-state index contributed by atoms with van der Waals surface area (Å²) in [7, 11) is 3.95. The molecule has 0 bridgehead atoms. The van der Waals surface area contributed by atoms with Gasteiger partial charge >= 0.3 is 0 Å². The van der Waals surface area contributed by atoms with Crippen molar-refractivity contribution in [3.8, 4) is 0 Å². The van der Waals surface area contributed by atoms with Crippen molar-refractivity contribution in [2.75, 3.05) is 46.8 Å². The molecule has 2 N–H and O–H groups in total. The third-order valence-electron chi connectivity index (χ3n) is 4.89. The Labute approximate surface area is 176 Å². The standard InChI is InChI=1S/C20H35N5.HI/c1-4-24(3)15-12-22-20(21-2)23-16-18-8-10-19(11-9-18)17-25-13-6-5-7-14-25;/h8-11H,4-7,12-17H2,1-3H3,(H2,21,22,23);1H. The number of hydrogen-bond acceptors (Lipinski definition) is 3. The van der Waals surface area contributed by atoms with E-state index in [1.54, 1.807) is 0 Å². The zero-order valence-corrected chi connectivity index (χ0v) is 19.0. The second-order valence-corrected chi connectivity index (χ2v) is 6.90. The molecule has 0 unspecified atom stereocenters. The normalized spacial score (nSPS) is 15.6. The van der Waals surface area contributed by atoms with Crippen LogP contribution in [-0.4, -0.2) is 62.6 Å². The van der Waals surface area contributed by atoms with Gasteiger partial charge in [0.1, 0.15) is 0 Å². The van der Waals surface area contributed by atoms with Crippen molar-refractivity contribution in [1.82, 2.24) is 20.4 Å². The maximum Gasteiger partial charge on any atom is 0.191 e. The van der Waals surface area contributed by atoms with Crippen LogP contribution in [0.15, 0.2) is 29.3 Å². The molecule has 5 nitrogen and oxygen atoms in total. The van der Waals surface area contributed by atoms with E-state index < -0.39 is 0 Å². The molecule has 0 aromatic heterocycles. The lowest BCUT2D eigenvalue weighted by Crippen LogP contribution is -2.40. The van der Waals surface area contributed by atoms with Gasteiger partial charge in [0.2, 0.25) is 0 Å². The molecule has 0 radical (unpaired) electrons. The predicted molar refractivity (Wildman–Crippen MR) is 122 cm³/mol. The number of benzene rings is 1. The Bertz CT molecular complexity index is 511. The average molecular weight is 473 g/mol. The van der Waals surface area contributed by atoms with E-state index in [1.165, 1.54) is 43.5 Å². The summed E-state index contributed by atoms with van der Waals surface area (Å²) in [5.41, 5.74) is 2.70. The number of nitrogens with one attached hydrogen (secondary N) is 2. The first-order valence-corrected chi connectivity index (χ1v) is 9.64. The maximum atomic E-state index is 4.29. The number of hydrogen-bond donors (Lipinski definition) is 2. The number of likely N-dealkylation sites (tertiary alicyclic amines) is 1.